The highest BCUT2D eigenvalue weighted by Gasteiger charge is 2.03. The molecule has 0 radical (unpaired) electrons. The Labute approximate surface area is 108 Å². The number of benzene rings is 1. The number of likely N-dealkylation sites (N-methyl/N-ethyl adjacent to an activating group) is 1. The van der Waals surface area contributed by atoms with Gasteiger partial charge in [0.25, 0.3) is 0 Å². The number of nitrogens with zero attached hydrogens (tertiary/aromatic N) is 3. The van der Waals surface area contributed by atoms with Crippen LogP contribution in [0.5, 0.6) is 0 Å². The average molecular weight is 247 g/mol. The van der Waals surface area contributed by atoms with Crippen molar-refractivity contribution in [2.24, 2.45) is 0 Å². The van der Waals surface area contributed by atoms with Crippen molar-refractivity contribution in [3.63, 3.8) is 0 Å². The van der Waals surface area contributed by atoms with E-state index in [0.29, 0.717) is 0 Å². The molecule has 0 aliphatic heterocycles. The minimum absolute atomic E-state index is 0.832. The van der Waals surface area contributed by atoms with Gasteiger partial charge in [-0.25, -0.2) is 4.98 Å². The minimum Gasteiger partial charge on any atom is -0.385 e. The summed E-state index contributed by atoms with van der Waals surface area (Å²) >= 11 is 0. The zero-order chi connectivity index (χ0) is 12.8. The fraction of sp³-hybridized carbons (Fsp3) is 0.500. The van der Waals surface area contributed by atoms with Crippen molar-refractivity contribution in [3.8, 4) is 0 Å². The van der Waals surface area contributed by atoms with Gasteiger partial charge in [0.2, 0.25) is 0 Å². The summed E-state index contributed by atoms with van der Waals surface area (Å²) in [6.45, 7) is 3.91. The summed E-state index contributed by atoms with van der Waals surface area (Å²) in [6, 6.07) is 8.25. The molecule has 2 rings (SSSR count). The van der Waals surface area contributed by atoms with Gasteiger partial charge < -0.3 is 14.2 Å². The molecule has 0 atom stereocenters. The number of ether oxygens (including phenoxy) is 1. The lowest BCUT2D eigenvalue weighted by Crippen LogP contribution is -2.24. The van der Waals surface area contributed by atoms with Gasteiger partial charge in [0.1, 0.15) is 0 Å². The first-order chi connectivity index (χ1) is 8.81. The summed E-state index contributed by atoms with van der Waals surface area (Å²) < 4.78 is 7.27. The molecule has 4 heteroatoms. The van der Waals surface area contributed by atoms with Crippen LogP contribution in [0.15, 0.2) is 30.6 Å². The highest BCUT2D eigenvalue weighted by Crippen LogP contribution is 2.11. The molecule has 0 N–H and O–H groups in total. The van der Waals surface area contributed by atoms with Crippen molar-refractivity contribution in [1.29, 1.82) is 0 Å². The second kappa shape index (κ2) is 6.52. The number of fused-ring (bicyclic) bond motifs is 1. The van der Waals surface area contributed by atoms with Gasteiger partial charge in [-0.15, -0.1) is 0 Å². The lowest BCUT2D eigenvalue weighted by molar-refractivity contribution is 0.178. The molecule has 18 heavy (non-hydrogen) atoms. The molecular weight excluding hydrogens is 226 g/mol. The molecule has 1 heterocycles. The normalized spacial score (nSPS) is 11.5. The van der Waals surface area contributed by atoms with Gasteiger partial charge in [-0.1, -0.05) is 12.1 Å². The van der Waals surface area contributed by atoms with E-state index in [9.17, 15) is 0 Å². The number of methoxy groups -OCH3 is 1. The lowest BCUT2D eigenvalue weighted by atomic mass is 10.3. The van der Waals surface area contributed by atoms with Gasteiger partial charge in [0.05, 0.1) is 17.4 Å². The third-order valence-corrected chi connectivity index (χ3v) is 3.14. The largest absolute Gasteiger partial charge is 0.385 e. The Bertz CT molecular complexity index is 481. The van der Waals surface area contributed by atoms with Crippen LogP contribution >= 0.6 is 0 Å². The third-order valence-electron chi connectivity index (χ3n) is 3.14. The van der Waals surface area contributed by atoms with E-state index < -0.39 is 0 Å². The highest BCUT2D eigenvalue weighted by molar-refractivity contribution is 5.74. The standard InChI is InChI=1S/C14H21N3O/c1-16(8-5-11-18-2)9-10-17-12-15-13-6-3-4-7-14(13)17/h3-4,6-7,12H,5,8-11H2,1-2H3. The van der Waals surface area contributed by atoms with Crippen molar-refractivity contribution in [2.75, 3.05) is 33.9 Å². The Balaban J connectivity index is 1.86. The number of rotatable bonds is 7. The van der Waals surface area contributed by atoms with E-state index in [0.717, 1.165) is 38.2 Å². The lowest BCUT2D eigenvalue weighted by Gasteiger charge is -2.16. The van der Waals surface area contributed by atoms with Crippen LogP contribution in [0.25, 0.3) is 11.0 Å². The van der Waals surface area contributed by atoms with Crippen LogP contribution in [0.1, 0.15) is 6.42 Å². The Hall–Kier alpha value is -1.39. The van der Waals surface area contributed by atoms with Gasteiger partial charge in [0.15, 0.2) is 0 Å². The monoisotopic (exact) mass is 247 g/mol. The Morgan fingerprint density at radius 1 is 1.28 bits per heavy atom. The van der Waals surface area contributed by atoms with Crippen LogP contribution in [-0.4, -0.2) is 48.3 Å². The van der Waals surface area contributed by atoms with E-state index in [1.54, 1.807) is 7.11 Å². The van der Waals surface area contributed by atoms with Crippen LogP contribution in [0.2, 0.25) is 0 Å². The van der Waals surface area contributed by atoms with Crippen molar-refractivity contribution >= 4 is 11.0 Å². The number of aromatic nitrogens is 2. The van der Waals surface area contributed by atoms with Gasteiger partial charge >= 0.3 is 0 Å². The highest BCUT2D eigenvalue weighted by atomic mass is 16.5. The van der Waals surface area contributed by atoms with Gasteiger partial charge in [-0.3, -0.25) is 0 Å². The number of hydrogen-bond acceptors (Lipinski definition) is 3. The molecule has 0 saturated carbocycles. The summed E-state index contributed by atoms with van der Waals surface area (Å²) in [4.78, 5) is 6.72. The molecule has 0 bridgehead atoms. The summed E-state index contributed by atoms with van der Waals surface area (Å²) in [5.74, 6) is 0. The SMILES string of the molecule is COCCCN(C)CCn1cnc2ccccc21. The molecule has 4 nitrogen and oxygen atoms in total. The van der Waals surface area contributed by atoms with Crippen LogP contribution in [0, 0.1) is 0 Å². The second-order valence-corrected chi connectivity index (χ2v) is 4.58. The van der Waals surface area contributed by atoms with Crippen molar-refractivity contribution in [1.82, 2.24) is 14.5 Å². The third kappa shape index (κ3) is 3.31. The maximum Gasteiger partial charge on any atom is 0.0958 e. The maximum absolute atomic E-state index is 5.06. The molecule has 0 aliphatic carbocycles. The summed E-state index contributed by atoms with van der Waals surface area (Å²) in [5.41, 5.74) is 2.28. The smallest absolute Gasteiger partial charge is 0.0958 e. The van der Waals surface area contributed by atoms with E-state index in [1.165, 1.54) is 5.52 Å². The number of para-hydroxylation sites is 2. The van der Waals surface area contributed by atoms with Gasteiger partial charge in [-0.05, 0) is 25.6 Å². The molecule has 1 aromatic heterocycles. The van der Waals surface area contributed by atoms with Crippen LogP contribution in [0.4, 0.5) is 0 Å². The topological polar surface area (TPSA) is 30.3 Å². The predicted octanol–water partition coefficient (Wildman–Crippen LogP) is 2.00. The Kier molecular flexibility index (Phi) is 4.73. The predicted molar refractivity (Wildman–Crippen MR) is 73.7 cm³/mol. The zero-order valence-corrected chi connectivity index (χ0v) is 11.2. The quantitative estimate of drug-likeness (QED) is 0.701. The van der Waals surface area contributed by atoms with Crippen molar-refractivity contribution in [3.05, 3.63) is 30.6 Å². The first kappa shape index (κ1) is 13.1. The second-order valence-electron chi connectivity index (χ2n) is 4.58. The molecule has 2 aromatic rings. The molecule has 0 fully saturated rings. The Morgan fingerprint density at radius 3 is 2.94 bits per heavy atom. The van der Waals surface area contributed by atoms with E-state index in [-0.39, 0.29) is 0 Å². The summed E-state index contributed by atoms with van der Waals surface area (Å²) in [7, 11) is 3.90. The zero-order valence-electron chi connectivity index (χ0n) is 11.2. The first-order valence-electron chi connectivity index (χ1n) is 6.38. The van der Waals surface area contributed by atoms with E-state index in [4.69, 9.17) is 4.74 Å². The molecule has 98 valence electrons. The maximum atomic E-state index is 5.06. The summed E-state index contributed by atoms with van der Waals surface area (Å²) in [5, 5.41) is 0. The van der Waals surface area contributed by atoms with Crippen LogP contribution in [0.3, 0.4) is 0 Å². The first-order valence-corrected chi connectivity index (χ1v) is 6.38. The molecule has 0 spiro atoms. The minimum atomic E-state index is 0.832. The van der Waals surface area contributed by atoms with Crippen LogP contribution in [-0.2, 0) is 11.3 Å². The molecule has 0 aliphatic rings. The van der Waals surface area contributed by atoms with E-state index in [2.05, 4.69) is 33.6 Å². The average Bonchev–Trinajstić information content (AvgIpc) is 2.80. The van der Waals surface area contributed by atoms with E-state index >= 15 is 0 Å². The van der Waals surface area contributed by atoms with Crippen molar-refractivity contribution in [2.45, 2.75) is 13.0 Å². The molecule has 0 saturated heterocycles. The number of hydrogen-bond donors (Lipinski definition) is 0. The fourth-order valence-electron chi connectivity index (χ4n) is 2.06. The molecule has 0 unspecified atom stereocenters. The van der Waals surface area contributed by atoms with Crippen molar-refractivity contribution < 1.29 is 4.74 Å². The van der Waals surface area contributed by atoms with Crippen LogP contribution < -0.4 is 0 Å². The number of imidazole rings is 1. The van der Waals surface area contributed by atoms with Gasteiger partial charge in [-0.2, -0.15) is 0 Å². The Morgan fingerprint density at radius 2 is 2.11 bits per heavy atom. The summed E-state index contributed by atoms with van der Waals surface area (Å²) in [6.07, 6.45) is 3.01. The molecule has 1 aromatic carbocycles. The molecule has 0 amide bonds. The van der Waals surface area contributed by atoms with E-state index in [1.807, 2.05) is 18.5 Å². The van der Waals surface area contributed by atoms with Gasteiger partial charge in [0, 0.05) is 33.4 Å². The fourth-order valence-corrected chi connectivity index (χ4v) is 2.06. The molecular formula is C14H21N3O.